The van der Waals surface area contributed by atoms with E-state index in [0.29, 0.717) is 17.9 Å². The Balaban J connectivity index is 1.66. The van der Waals surface area contributed by atoms with Gasteiger partial charge in [-0.1, -0.05) is 55.7 Å². The predicted molar refractivity (Wildman–Crippen MR) is 96.1 cm³/mol. The third-order valence-electron chi connectivity index (χ3n) is 4.62. The molecule has 0 spiro atoms. The summed E-state index contributed by atoms with van der Waals surface area (Å²) in [6.45, 7) is 0.452. The van der Waals surface area contributed by atoms with Gasteiger partial charge in [-0.2, -0.15) is 5.26 Å². The van der Waals surface area contributed by atoms with Gasteiger partial charge in [0.1, 0.15) is 17.9 Å². The number of nitrogens with one attached hydrogen (secondary N) is 1. The Kier molecular flexibility index (Phi) is 5.35. The van der Waals surface area contributed by atoms with Crippen LogP contribution in [0.4, 0.5) is 0 Å². The van der Waals surface area contributed by atoms with Crippen LogP contribution in [-0.4, -0.2) is 11.4 Å². The molecule has 0 radical (unpaired) electrons. The van der Waals surface area contributed by atoms with E-state index in [4.69, 9.17) is 4.74 Å². The fourth-order valence-electron chi connectivity index (χ4n) is 3.18. The van der Waals surface area contributed by atoms with Gasteiger partial charge in [-0.25, -0.2) is 0 Å². The van der Waals surface area contributed by atoms with E-state index in [1.54, 1.807) is 18.2 Å². The Hall–Kier alpha value is -2.80. The van der Waals surface area contributed by atoms with Crippen LogP contribution in [0.15, 0.2) is 54.6 Å². The first-order valence-electron chi connectivity index (χ1n) is 8.71. The molecule has 1 fully saturated rings. The van der Waals surface area contributed by atoms with Crippen molar-refractivity contribution in [1.82, 2.24) is 5.32 Å². The average Bonchev–Trinajstić information content (AvgIpc) is 2.68. The highest BCUT2D eigenvalue weighted by Gasteiger charge is 2.33. The summed E-state index contributed by atoms with van der Waals surface area (Å²) in [5.74, 6) is 0.430. The van der Waals surface area contributed by atoms with Crippen LogP contribution in [0.3, 0.4) is 0 Å². The standard InChI is InChI=1S/C21H22N2O2/c22-16-21(12-5-2-6-13-21)23-20(24)18-10-7-11-19(14-18)25-15-17-8-3-1-4-9-17/h1,3-4,7-11,14H,2,5-6,12-13,15H2,(H,23,24). The minimum atomic E-state index is -0.726. The van der Waals surface area contributed by atoms with Crippen molar-refractivity contribution in [1.29, 1.82) is 5.26 Å². The molecule has 0 bridgehead atoms. The fourth-order valence-corrected chi connectivity index (χ4v) is 3.18. The number of rotatable bonds is 5. The van der Waals surface area contributed by atoms with Gasteiger partial charge in [0.15, 0.2) is 0 Å². The van der Waals surface area contributed by atoms with Crippen LogP contribution >= 0.6 is 0 Å². The molecule has 0 unspecified atom stereocenters. The Labute approximate surface area is 148 Å². The summed E-state index contributed by atoms with van der Waals surface area (Å²) in [5.41, 5.74) is 0.865. The van der Waals surface area contributed by atoms with Crippen LogP contribution in [0.1, 0.15) is 48.0 Å². The number of carbonyl (C=O) groups is 1. The third-order valence-corrected chi connectivity index (χ3v) is 4.62. The second kappa shape index (κ2) is 7.85. The third kappa shape index (κ3) is 4.39. The molecule has 0 heterocycles. The minimum Gasteiger partial charge on any atom is -0.489 e. The number of carbonyl (C=O) groups excluding carboxylic acids is 1. The van der Waals surface area contributed by atoms with Crippen molar-refractivity contribution >= 4 is 5.91 Å². The van der Waals surface area contributed by atoms with E-state index in [0.717, 1.165) is 37.7 Å². The summed E-state index contributed by atoms with van der Waals surface area (Å²) in [6.07, 6.45) is 4.53. The lowest BCUT2D eigenvalue weighted by Crippen LogP contribution is -2.48. The van der Waals surface area contributed by atoms with E-state index < -0.39 is 5.54 Å². The molecule has 1 aliphatic rings. The smallest absolute Gasteiger partial charge is 0.252 e. The second-order valence-corrected chi connectivity index (χ2v) is 6.51. The number of amides is 1. The van der Waals surface area contributed by atoms with Crippen LogP contribution < -0.4 is 10.1 Å². The highest BCUT2D eigenvalue weighted by molar-refractivity contribution is 5.95. The predicted octanol–water partition coefficient (Wildman–Crippen LogP) is 4.22. The van der Waals surface area contributed by atoms with Crippen molar-refractivity contribution in [3.63, 3.8) is 0 Å². The van der Waals surface area contributed by atoms with Gasteiger partial charge in [0.05, 0.1) is 6.07 Å². The van der Waals surface area contributed by atoms with Crippen LogP contribution in [-0.2, 0) is 6.61 Å². The summed E-state index contributed by atoms with van der Waals surface area (Å²) in [5, 5.41) is 12.5. The number of hydrogen-bond donors (Lipinski definition) is 1. The molecule has 25 heavy (non-hydrogen) atoms. The summed E-state index contributed by atoms with van der Waals surface area (Å²) in [4.78, 5) is 12.6. The maximum absolute atomic E-state index is 12.6. The molecular weight excluding hydrogens is 312 g/mol. The van der Waals surface area contributed by atoms with Gasteiger partial charge in [0, 0.05) is 5.56 Å². The number of benzene rings is 2. The van der Waals surface area contributed by atoms with E-state index in [-0.39, 0.29) is 5.91 Å². The summed E-state index contributed by atoms with van der Waals surface area (Å²) < 4.78 is 5.78. The molecule has 128 valence electrons. The molecule has 0 aliphatic heterocycles. The highest BCUT2D eigenvalue weighted by Crippen LogP contribution is 2.28. The first kappa shape index (κ1) is 17.0. The van der Waals surface area contributed by atoms with E-state index in [1.165, 1.54) is 0 Å². The Bertz CT molecular complexity index is 759. The summed E-state index contributed by atoms with van der Waals surface area (Å²) in [7, 11) is 0. The van der Waals surface area contributed by atoms with Crippen molar-refractivity contribution in [2.75, 3.05) is 0 Å². The Morgan fingerprint density at radius 3 is 2.56 bits per heavy atom. The molecule has 1 N–H and O–H groups in total. The van der Waals surface area contributed by atoms with Crippen LogP contribution in [0.2, 0.25) is 0 Å². The van der Waals surface area contributed by atoms with Crippen molar-refractivity contribution < 1.29 is 9.53 Å². The summed E-state index contributed by atoms with van der Waals surface area (Å²) >= 11 is 0. The maximum Gasteiger partial charge on any atom is 0.252 e. The monoisotopic (exact) mass is 334 g/mol. The molecule has 2 aromatic rings. The van der Waals surface area contributed by atoms with E-state index in [2.05, 4.69) is 11.4 Å². The topological polar surface area (TPSA) is 62.1 Å². The lowest BCUT2D eigenvalue weighted by molar-refractivity contribution is 0.0902. The molecule has 2 aromatic carbocycles. The van der Waals surface area contributed by atoms with E-state index >= 15 is 0 Å². The fraction of sp³-hybridized carbons (Fsp3) is 0.333. The molecule has 0 atom stereocenters. The molecule has 0 saturated heterocycles. The zero-order chi connectivity index (χ0) is 17.5. The molecule has 1 aliphatic carbocycles. The molecular formula is C21H22N2O2. The number of nitriles is 1. The minimum absolute atomic E-state index is 0.214. The maximum atomic E-state index is 12.6. The van der Waals surface area contributed by atoms with E-state index in [9.17, 15) is 10.1 Å². The van der Waals surface area contributed by atoms with Crippen molar-refractivity contribution in [3.8, 4) is 11.8 Å². The molecule has 4 heteroatoms. The van der Waals surface area contributed by atoms with Crippen LogP contribution in [0.5, 0.6) is 5.75 Å². The molecule has 4 nitrogen and oxygen atoms in total. The Morgan fingerprint density at radius 1 is 1.08 bits per heavy atom. The Morgan fingerprint density at radius 2 is 1.84 bits per heavy atom. The SMILES string of the molecule is N#CC1(NC(=O)c2cccc(OCc3ccccc3)c2)CCCCC1. The van der Waals surface area contributed by atoms with Gasteiger partial charge in [-0.3, -0.25) is 4.79 Å². The number of nitrogens with zero attached hydrogens (tertiary/aromatic N) is 1. The van der Waals surface area contributed by atoms with Gasteiger partial charge in [-0.15, -0.1) is 0 Å². The lowest BCUT2D eigenvalue weighted by Gasteiger charge is -2.31. The largest absolute Gasteiger partial charge is 0.489 e. The van der Waals surface area contributed by atoms with Crippen LogP contribution in [0, 0.1) is 11.3 Å². The van der Waals surface area contributed by atoms with E-state index in [1.807, 2.05) is 36.4 Å². The van der Waals surface area contributed by atoms with Crippen molar-refractivity contribution in [2.45, 2.75) is 44.2 Å². The first-order chi connectivity index (χ1) is 12.2. The molecule has 0 aromatic heterocycles. The van der Waals surface area contributed by atoms with Crippen molar-refractivity contribution in [3.05, 3.63) is 65.7 Å². The number of ether oxygens (including phenoxy) is 1. The molecule has 1 saturated carbocycles. The molecule has 1 amide bonds. The van der Waals surface area contributed by atoms with Gasteiger partial charge in [0.2, 0.25) is 0 Å². The van der Waals surface area contributed by atoms with Gasteiger partial charge >= 0.3 is 0 Å². The number of hydrogen-bond acceptors (Lipinski definition) is 3. The summed E-state index contributed by atoms with van der Waals surface area (Å²) in [6, 6.07) is 19.3. The highest BCUT2D eigenvalue weighted by atomic mass is 16.5. The van der Waals surface area contributed by atoms with Gasteiger partial charge < -0.3 is 10.1 Å². The first-order valence-corrected chi connectivity index (χ1v) is 8.71. The zero-order valence-corrected chi connectivity index (χ0v) is 14.2. The quantitative estimate of drug-likeness (QED) is 0.890. The van der Waals surface area contributed by atoms with Gasteiger partial charge in [-0.05, 0) is 36.6 Å². The lowest BCUT2D eigenvalue weighted by atomic mass is 9.82. The molecule has 3 rings (SSSR count). The van der Waals surface area contributed by atoms with Crippen LogP contribution in [0.25, 0.3) is 0 Å². The zero-order valence-electron chi connectivity index (χ0n) is 14.2. The average molecular weight is 334 g/mol. The van der Waals surface area contributed by atoms with Gasteiger partial charge in [0.25, 0.3) is 5.91 Å². The van der Waals surface area contributed by atoms with Crippen molar-refractivity contribution in [2.24, 2.45) is 0 Å². The second-order valence-electron chi connectivity index (χ2n) is 6.51. The normalized spacial score (nSPS) is 15.8.